The third-order valence-electron chi connectivity index (χ3n) is 8.61. The van der Waals surface area contributed by atoms with Crippen LogP contribution in [-0.2, 0) is 6.18 Å². The van der Waals surface area contributed by atoms with E-state index in [1.807, 2.05) is 36.4 Å². The standard InChI is InChI=1S/C41H25F3/c42-41(43,44)36-19-17-28(18-20-36)39-37(33-15-13-26-7-1-3-9-29(26)21-33)25-35-23-31-11-5-6-12-32(31)24-38(35)40(39)34-16-14-27-8-2-4-10-30(27)22-34/h1-25H. The number of fused-ring (bicyclic) bond motifs is 4. The Balaban J connectivity index is 1.53. The molecule has 0 fully saturated rings. The van der Waals surface area contributed by atoms with Crippen LogP contribution in [0.1, 0.15) is 5.56 Å². The molecule has 3 heteroatoms. The molecule has 0 aliphatic rings. The first-order valence-electron chi connectivity index (χ1n) is 14.6. The Morgan fingerprint density at radius 2 is 0.818 bits per heavy atom. The second-order valence-electron chi connectivity index (χ2n) is 11.3. The second-order valence-corrected chi connectivity index (χ2v) is 11.3. The zero-order valence-electron chi connectivity index (χ0n) is 23.6. The Kier molecular flexibility index (Phi) is 6.02. The smallest absolute Gasteiger partial charge is 0.166 e. The second kappa shape index (κ2) is 10.1. The first-order chi connectivity index (χ1) is 21.4. The third-order valence-corrected chi connectivity index (χ3v) is 8.61. The Bertz CT molecular complexity index is 2360. The van der Waals surface area contributed by atoms with Gasteiger partial charge in [0, 0.05) is 0 Å². The lowest BCUT2D eigenvalue weighted by molar-refractivity contribution is -0.137. The lowest BCUT2D eigenvalue weighted by atomic mass is 9.82. The molecule has 8 rings (SSSR count). The molecule has 8 aromatic rings. The maximum atomic E-state index is 13.7. The SMILES string of the molecule is FC(F)(F)c1ccc(-c2c(-c3ccc4ccccc4c3)cc3cc4ccccc4cc3c2-c2ccc3ccccc3c2)cc1. The van der Waals surface area contributed by atoms with E-state index in [0.29, 0.717) is 0 Å². The van der Waals surface area contributed by atoms with Gasteiger partial charge < -0.3 is 0 Å². The first-order valence-corrected chi connectivity index (χ1v) is 14.6. The van der Waals surface area contributed by atoms with Crippen molar-refractivity contribution in [3.05, 3.63) is 157 Å². The van der Waals surface area contributed by atoms with Crippen molar-refractivity contribution in [3.63, 3.8) is 0 Å². The molecular formula is C41H25F3. The van der Waals surface area contributed by atoms with Gasteiger partial charge in [-0.1, -0.05) is 109 Å². The van der Waals surface area contributed by atoms with Crippen LogP contribution in [0.25, 0.3) is 76.5 Å². The van der Waals surface area contributed by atoms with Crippen LogP contribution in [0.5, 0.6) is 0 Å². The molecule has 0 atom stereocenters. The van der Waals surface area contributed by atoms with Gasteiger partial charge in [0.05, 0.1) is 5.56 Å². The lowest BCUT2D eigenvalue weighted by Gasteiger charge is -2.21. The molecule has 0 aliphatic heterocycles. The monoisotopic (exact) mass is 574 g/mol. The van der Waals surface area contributed by atoms with Gasteiger partial charge in [-0.3, -0.25) is 0 Å². The highest BCUT2D eigenvalue weighted by atomic mass is 19.4. The van der Waals surface area contributed by atoms with Crippen LogP contribution in [0, 0.1) is 0 Å². The van der Waals surface area contributed by atoms with Gasteiger partial charge in [-0.15, -0.1) is 0 Å². The minimum atomic E-state index is -4.41. The molecule has 0 amide bonds. The van der Waals surface area contributed by atoms with E-state index >= 15 is 0 Å². The highest BCUT2D eigenvalue weighted by Gasteiger charge is 2.30. The van der Waals surface area contributed by atoms with Crippen molar-refractivity contribution in [2.24, 2.45) is 0 Å². The minimum absolute atomic E-state index is 0.660. The van der Waals surface area contributed by atoms with Crippen LogP contribution in [0.15, 0.2) is 152 Å². The lowest BCUT2D eigenvalue weighted by Crippen LogP contribution is -2.04. The normalized spacial score (nSPS) is 12.0. The van der Waals surface area contributed by atoms with Crippen LogP contribution < -0.4 is 0 Å². The summed E-state index contributed by atoms with van der Waals surface area (Å²) in [7, 11) is 0. The Hall–Kier alpha value is -5.41. The van der Waals surface area contributed by atoms with Crippen molar-refractivity contribution in [2.45, 2.75) is 6.18 Å². The topological polar surface area (TPSA) is 0 Å². The van der Waals surface area contributed by atoms with E-state index in [9.17, 15) is 13.2 Å². The molecule has 0 nitrogen and oxygen atoms in total. The van der Waals surface area contributed by atoms with Gasteiger partial charge in [0.25, 0.3) is 0 Å². The van der Waals surface area contributed by atoms with E-state index in [2.05, 4.69) is 91.0 Å². The molecule has 8 aromatic carbocycles. The molecule has 0 heterocycles. The Morgan fingerprint density at radius 3 is 1.41 bits per heavy atom. The zero-order valence-corrected chi connectivity index (χ0v) is 23.6. The number of benzene rings is 8. The maximum absolute atomic E-state index is 13.7. The maximum Gasteiger partial charge on any atom is 0.416 e. The van der Waals surface area contributed by atoms with Gasteiger partial charge in [0.2, 0.25) is 0 Å². The van der Waals surface area contributed by atoms with Gasteiger partial charge in [-0.25, -0.2) is 0 Å². The van der Waals surface area contributed by atoms with E-state index < -0.39 is 11.7 Å². The van der Waals surface area contributed by atoms with E-state index in [0.717, 1.165) is 76.5 Å². The number of halogens is 3. The number of hydrogen-bond acceptors (Lipinski definition) is 0. The van der Waals surface area contributed by atoms with Crippen molar-refractivity contribution in [2.75, 3.05) is 0 Å². The van der Waals surface area contributed by atoms with Crippen molar-refractivity contribution in [1.82, 2.24) is 0 Å². The fourth-order valence-corrected chi connectivity index (χ4v) is 6.45. The highest BCUT2D eigenvalue weighted by Crippen LogP contribution is 2.47. The van der Waals surface area contributed by atoms with Crippen molar-refractivity contribution in [3.8, 4) is 33.4 Å². The summed E-state index contributed by atoms with van der Waals surface area (Å²) in [5.41, 5.74) is 4.99. The van der Waals surface area contributed by atoms with Gasteiger partial charge in [0.15, 0.2) is 0 Å². The number of rotatable bonds is 3. The predicted octanol–water partition coefficient (Wildman–Crippen LogP) is 12.3. The fraction of sp³-hybridized carbons (Fsp3) is 0.0244. The van der Waals surface area contributed by atoms with E-state index in [4.69, 9.17) is 0 Å². The summed E-state index contributed by atoms with van der Waals surface area (Å²) in [5, 5.41) is 8.85. The summed E-state index contributed by atoms with van der Waals surface area (Å²) in [5.74, 6) is 0. The first kappa shape index (κ1) is 26.2. The number of hydrogen-bond donors (Lipinski definition) is 0. The van der Waals surface area contributed by atoms with Gasteiger partial charge in [-0.05, 0) is 119 Å². The molecular weight excluding hydrogens is 549 g/mol. The average Bonchev–Trinajstić information content (AvgIpc) is 3.05. The van der Waals surface area contributed by atoms with Gasteiger partial charge >= 0.3 is 6.18 Å². The van der Waals surface area contributed by atoms with Crippen LogP contribution in [-0.4, -0.2) is 0 Å². The van der Waals surface area contributed by atoms with Crippen molar-refractivity contribution >= 4 is 43.1 Å². The summed E-state index contributed by atoms with van der Waals surface area (Å²) in [6.07, 6.45) is -4.41. The van der Waals surface area contributed by atoms with Crippen LogP contribution >= 0.6 is 0 Å². The molecule has 0 spiro atoms. The predicted molar refractivity (Wildman–Crippen MR) is 178 cm³/mol. The average molecular weight is 575 g/mol. The zero-order chi connectivity index (χ0) is 29.8. The fourth-order valence-electron chi connectivity index (χ4n) is 6.45. The summed E-state index contributed by atoms with van der Waals surface area (Å²) in [4.78, 5) is 0. The number of alkyl halides is 3. The Morgan fingerprint density at radius 1 is 0.341 bits per heavy atom. The molecule has 0 saturated heterocycles. The summed E-state index contributed by atoms with van der Waals surface area (Å²) >= 11 is 0. The molecule has 0 bridgehead atoms. The van der Waals surface area contributed by atoms with Crippen LogP contribution in [0.3, 0.4) is 0 Å². The summed E-state index contributed by atoms with van der Waals surface area (Å²) < 4.78 is 41.0. The van der Waals surface area contributed by atoms with Gasteiger partial charge in [-0.2, -0.15) is 13.2 Å². The highest BCUT2D eigenvalue weighted by molar-refractivity contribution is 6.14. The molecule has 0 aromatic heterocycles. The van der Waals surface area contributed by atoms with E-state index in [1.165, 1.54) is 12.1 Å². The van der Waals surface area contributed by atoms with Gasteiger partial charge in [0.1, 0.15) is 0 Å². The third kappa shape index (κ3) is 4.49. The molecule has 0 radical (unpaired) electrons. The largest absolute Gasteiger partial charge is 0.416 e. The summed E-state index contributed by atoms with van der Waals surface area (Å²) in [6.45, 7) is 0. The minimum Gasteiger partial charge on any atom is -0.166 e. The summed E-state index contributed by atoms with van der Waals surface area (Å²) in [6, 6.07) is 49.8. The molecule has 0 N–H and O–H groups in total. The van der Waals surface area contributed by atoms with Crippen LogP contribution in [0.4, 0.5) is 13.2 Å². The van der Waals surface area contributed by atoms with E-state index in [1.54, 1.807) is 12.1 Å². The molecule has 0 saturated carbocycles. The molecule has 44 heavy (non-hydrogen) atoms. The van der Waals surface area contributed by atoms with E-state index in [-0.39, 0.29) is 0 Å². The van der Waals surface area contributed by atoms with Crippen molar-refractivity contribution in [1.29, 1.82) is 0 Å². The molecule has 0 unspecified atom stereocenters. The molecule has 210 valence electrons. The van der Waals surface area contributed by atoms with Crippen LogP contribution in [0.2, 0.25) is 0 Å². The Labute approximate surface area is 252 Å². The molecule has 0 aliphatic carbocycles. The quantitative estimate of drug-likeness (QED) is 0.184. The van der Waals surface area contributed by atoms with Crippen molar-refractivity contribution < 1.29 is 13.2 Å².